The molecule has 1 saturated heterocycles. The maximum Gasteiger partial charge on any atom is 0.160 e. The predicted molar refractivity (Wildman–Crippen MR) is 107 cm³/mol. The number of hydrogen-bond acceptors (Lipinski definition) is 4. The Bertz CT molecular complexity index is 793. The number of hydrogen-bond donors (Lipinski definition) is 0. The molecule has 0 bridgehead atoms. The van der Waals surface area contributed by atoms with Gasteiger partial charge in [0.1, 0.15) is 6.04 Å². The van der Waals surface area contributed by atoms with Crippen LogP contribution in [0.4, 0.5) is 0 Å². The molecule has 2 aliphatic heterocycles. The van der Waals surface area contributed by atoms with Crippen LogP contribution in [0.2, 0.25) is 0 Å². The minimum absolute atomic E-state index is 0.100. The van der Waals surface area contributed by atoms with Gasteiger partial charge in [-0.15, -0.1) is 0 Å². The molecule has 2 aromatic heterocycles. The summed E-state index contributed by atoms with van der Waals surface area (Å²) in [6, 6.07) is 12.4. The van der Waals surface area contributed by atoms with Crippen LogP contribution >= 0.6 is 11.8 Å². The molecule has 3 aliphatic rings. The number of aliphatic imine (C=N–C) groups is 1. The first kappa shape index (κ1) is 16.4. The van der Waals surface area contributed by atoms with Crippen molar-refractivity contribution in [1.82, 2.24) is 14.5 Å². The largest absolute Gasteiger partial charge is 0.346 e. The Morgan fingerprint density at radius 3 is 2.81 bits per heavy atom. The summed E-state index contributed by atoms with van der Waals surface area (Å²) >= 11 is 1.92. The molecule has 0 aromatic carbocycles. The van der Waals surface area contributed by atoms with Crippen molar-refractivity contribution in [2.24, 2.45) is 4.99 Å². The van der Waals surface area contributed by atoms with Crippen LogP contribution in [-0.2, 0) is 0 Å². The number of amidine groups is 1. The van der Waals surface area contributed by atoms with Gasteiger partial charge in [-0.25, -0.2) is 0 Å². The average Bonchev–Trinajstić information content (AvgIpc) is 3.43. The number of aromatic nitrogens is 2. The Balaban J connectivity index is 1.58. The van der Waals surface area contributed by atoms with Gasteiger partial charge in [0.15, 0.2) is 5.17 Å². The normalized spacial score (nSPS) is 28.6. The van der Waals surface area contributed by atoms with E-state index in [1.165, 1.54) is 43.0 Å². The highest BCUT2D eigenvalue weighted by Gasteiger charge is 2.46. The lowest BCUT2D eigenvalue weighted by Crippen LogP contribution is -2.36. The first-order chi connectivity index (χ1) is 12.9. The third-order valence-corrected chi connectivity index (χ3v) is 7.29. The van der Waals surface area contributed by atoms with Gasteiger partial charge in [0.05, 0.1) is 11.7 Å². The summed E-state index contributed by atoms with van der Waals surface area (Å²) in [5.41, 5.74) is 2.52. The summed E-state index contributed by atoms with van der Waals surface area (Å²) in [6.45, 7) is 2.30. The number of nitrogens with zero attached hydrogens (tertiary/aromatic N) is 4. The summed E-state index contributed by atoms with van der Waals surface area (Å²) < 4.78 is 2.56. The van der Waals surface area contributed by atoms with Gasteiger partial charge in [-0.1, -0.05) is 37.6 Å². The van der Waals surface area contributed by atoms with E-state index in [2.05, 4.69) is 51.8 Å². The Morgan fingerprint density at radius 1 is 1.15 bits per heavy atom. The van der Waals surface area contributed by atoms with Gasteiger partial charge in [0, 0.05) is 35.9 Å². The van der Waals surface area contributed by atoms with Crippen molar-refractivity contribution in [3.8, 4) is 0 Å². The lowest BCUT2D eigenvalue weighted by molar-refractivity contribution is 0.241. The zero-order chi connectivity index (χ0) is 17.5. The van der Waals surface area contributed by atoms with Crippen LogP contribution in [0, 0.1) is 0 Å². The number of fused-ring (bicyclic) bond motifs is 1. The van der Waals surface area contributed by atoms with E-state index in [1.54, 1.807) is 0 Å². The SMILES string of the molecule is CC[C@@H]1CSC2=N[C@@H](c3ccccn3)[C@@H](c3cccn3C3CCCC3)N21. The monoisotopic (exact) mass is 366 g/mol. The molecule has 1 saturated carbocycles. The second kappa shape index (κ2) is 6.76. The van der Waals surface area contributed by atoms with Gasteiger partial charge >= 0.3 is 0 Å². The zero-order valence-corrected chi connectivity index (χ0v) is 16.1. The average molecular weight is 367 g/mol. The molecule has 0 unspecified atom stereocenters. The standard InChI is InChI=1S/C21H26N4S/c1-2-15-14-26-21-23-19(17-10-5-6-12-22-17)20(25(15)21)18-11-7-13-24(18)16-8-3-4-9-16/h5-7,10-13,15-16,19-20H,2-4,8-9,14H2,1H3/t15-,19+,20-/m1/s1. The summed E-state index contributed by atoms with van der Waals surface area (Å²) in [6.07, 6.45) is 10.7. The molecule has 2 fully saturated rings. The molecule has 136 valence electrons. The van der Waals surface area contributed by atoms with Crippen molar-refractivity contribution < 1.29 is 0 Å². The first-order valence-electron chi connectivity index (χ1n) is 9.93. The van der Waals surface area contributed by atoms with Crippen molar-refractivity contribution in [3.05, 3.63) is 54.1 Å². The highest BCUT2D eigenvalue weighted by atomic mass is 32.2. The van der Waals surface area contributed by atoms with Gasteiger partial charge in [0.25, 0.3) is 0 Å². The fraction of sp³-hybridized carbons (Fsp3) is 0.524. The molecular formula is C21H26N4S. The van der Waals surface area contributed by atoms with Gasteiger partial charge < -0.3 is 9.47 Å². The molecule has 1 aliphatic carbocycles. The van der Waals surface area contributed by atoms with E-state index >= 15 is 0 Å². The maximum absolute atomic E-state index is 5.15. The van der Waals surface area contributed by atoms with E-state index in [9.17, 15) is 0 Å². The Hall–Kier alpha value is -1.75. The molecule has 3 atom stereocenters. The Kier molecular flexibility index (Phi) is 4.27. The number of thioether (sulfide) groups is 1. The number of rotatable bonds is 4. The van der Waals surface area contributed by atoms with Crippen LogP contribution in [0.3, 0.4) is 0 Å². The van der Waals surface area contributed by atoms with Crippen LogP contribution in [-0.4, -0.2) is 31.4 Å². The molecule has 0 N–H and O–H groups in total. The van der Waals surface area contributed by atoms with Crippen molar-refractivity contribution in [1.29, 1.82) is 0 Å². The topological polar surface area (TPSA) is 33.4 Å². The van der Waals surface area contributed by atoms with Crippen LogP contribution < -0.4 is 0 Å². The van der Waals surface area contributed by atoms with Gasteiger partial charge in [-0.3, -0.25) is 9.98 Å². The maximum atomic E-state index is 5.15. The first-order valence-corrected chi connectivity index (χ1v) is 10.9. The number of pyridine rings is 1. The molecule has 5 rings (SSSR count). The van der Waals surface area contributed by atoms with E-state index in [-0.39, 0.29) is 12.1 Å². The highest BCUT2D eigenvalue weighted by molar-refractivity contribution is 8.14. The Morgan fingerprint density at radius 2 is 2.04 bits per heavy atom. The zero-order valence-electron chi connectivity index (χ0n) is 15.3. The molecule has 4 heterocycles. The third-order valence-electron chi connectivity index (χ3n) is 6.16. The van der Waals surface area contributed by atoms with Gasteiger partial charge in [-0.2, -0.15) is 0 Å². The van der Waals surface area contributed by atoms with E-state index in [1.807, 2.05) is 24.0 Å². The lowest BCUT2D eigenvalue weighted by Gasteiger charge is -2.33. The van der Waals surface area contributed by atoms with Gasteiger partial charge in [0.2, 0.25) is 0 Å². The molecular weight excluding hydrogens is 340 g/mol. The minimum atomic E-state index is 0.100. The van der Waals surface area contributed by atoms with Crippen molar-refractivity contribution >= 4 is 16.9 Å². The smallest absolute Gasteiger partial charge is 0.160 e. The molecule has 5 heteroatoms. The molecule has 0 radical (unpaired) electrons. The van der Waals surface area contributed by atoms with Crippen LogP contribution in [0.5, 0.6) is 0 Å². The minimum Gasteiger partial charge on any atom is -0.346 e. The molecule has 26 heavy (non-hydrogen) atoms. The van der Waals surface area contributed by atoms with Gasteiger partial charge in [-0.05, 0) is 43.5 Å². The van der Waals surface area contributed by atoms with Crippen LogP contribution in [0.25, 0.3) is 0 Å². The molecule has 2 aromatic rings. The van der Waals surface area contributed by atoms with Crippen molar-refractivity contribution in [3.63, 3.8) is 0 Å². The predicted octanol–water partition coefficient (Wildman–Crippen LogP) is 4.98. The molecule has 0 spiro atoms. The summed E-state index contributed by atoms with van der Waals surface area (Å²) in [4.78, 5) is 12.4. The Labute approximate surface area is 159 Å². The third kappa shape index (κ3) is 2.59. The van der Waals surface area contributed by atoms with Crippen molar-refractivity contribution in [2.75, 3.05) is 5.75 Å². The fourth-order valence-electron chi connectivity index (χ4n) is 4.84. The summed E-state index contributed by atoms with van der Waals surface area (Å²) in [5, 5.41) is 1.22. The highest BCUT2D eigenvalue weighted by Crippen LogP contribution is 2.49. The second-order valence-corrected chi connectivity index (χ2v) is 8.60. The summed E-state index contributed by atoms with van der Waals surface area (Å²) in [7, 11) is 0. The van der Waals surface area contributed by atoms with Crippen LogP contribution in [0.15, 0.2) is 47.7 Å². The van der Waals surface area contributed by atoms with Crippen molar-refractivity contribution in [2.45, 2.75) is 63.2 Å². The van der Waals surface area contributed by atoms with E-state index in [4.69, 9.17) is 4.99 Å². The quantitative estimate of drug-likeness (QED) is 0.765. The van der Waals surface area contributed by atoms with E-state index in [0.717, 1.165) is 11.4 Å². The second-order valence-electron chi connectivity index (χ2n) is 7.61. The van der Waals surface area contributed by atoms with Crippen LogP contribution in [0.1, 0.15) is 68.5 Å². The van der Waals surface area contributed by atoms with E-state index in [0.29, 0.717) is 12.1 Å². The molecule has 4 nitrogen and oxygen atoms in total. The summed E-state index contributed by atoms with van der Waals surface area (Å²) in [5.74, 6) is 1.16. The lowest BCUT2D eigenvalue weighted by atomic mass is 9.99. The fourth-order valence-corrected chi connectivity index (χ4v) is 6.18. The van der Waals surface area contributed by atoms with E-state index < -0.39 is 0 Å². The molecule has 0 amide bonds.